The van der Waals surface area contributed by atoms with Crippen molar-refractivity contribution in [2.75, 3.05) is 24.6 Å². The lowest BCUT2D eigenvalue weighted by atomic mass is 9.69. The van der Waals surface area contributed by atoms with Gasteiger partial charge in [0.25, 0.3) is 5.91 Å². The highest BCUT2D eigenvalue weighted by Crippen LogP contribution is 2.46. The smallest absolute Gasteiger partial charge is 0.263 e. The second-order valence-electron chi connectivity index (χ2n) is 12.2. The van der Waals surface area contributed by atoms with Crippen molar-refractivity contribution < 1.29 is 13.7 Å². The third-order valence-corrected chi connectivity index (χ3v) is 11.5. The number of carbonyl (C=O) groups excluding carboxylic acids is 1. The van der Waals surface area contributed by atoms with Crippen LogP contribution in [0.2, 0.25) is 5.02 Å². The second kappa shape index (κ2) is 10.9. The van der Waals surface area contributed by atoms with Crippen molar-refractivity contribution in [1.82, 2.24) is 4.72 Å². The average Bonchev–Trinajstić information content (AvgIpc) is 3.06. The Morgan fingerprint density at radius 2 is 1.90 bits per heavy atom. The molecule has 7 heteroatoms. The Morgan fingerprint density at radius 3 is 2.72 bits per heavy atom. The van der Waals surface area contributed by atoms with Crippen molar-refractivity contribution in [1.29, 1.82) is 0 Å². The number of ether oxygens (including phenoxy) is 1. The summed E-state index contributed by atoms with van der Waals surface area (Å²) in [5.74, 6) is 2.02. The van der Waals surface area contributed by atoms with Crippen LogP contribution in [0.4, 0.5) is 5.69 Å². The molecular weight excluding hydrogens is 528 g/mol. The zero-order valence-corrected chi connectivity index (χ0v) is 24.5. The Balaban J connectivity index is 1.39. The molecule has 6 atom stereocenters. The highest BCUT2D eigenvalue weighted by Gasteiger charge is 2.43. The predicted octanol–water partition coefficient (Wildman–Crippen LogP) is 6.61. The molecule has 2 aromatic carbocycles. The topological polar surface area (TPSA) is 58.6 Å². The summed E-state index contributed by atoms with van der Waals surface area (Å²) in [5.41, 5.74) is 4.05. The average molecular weight is 567 g/mol. The minimum Gasteiger partial charge on any atom is -0.490 e. The molecule has 2 aromatic rings. The number of carbonyl (C=O) groups is 1. The van der Waals surface area contributed by atoms with Gasteiger partial charge in [-0.05, 0) is 111 Å². The van der Waals surface area contributed by atoms with E-state index in [4.69, 9.17) is 16.3 Å². The van der Waals surface area contributed by atoms with Gasteiger partial charge in [0.05, 0.1) is 17.5 Å². The molecule has 1 spiro atoms. The zero-order valence-electron chi connectivity index (χ0n) is 23.0. The predicted molar refractivity (Wildman–Crippen MR) is 159 cm³/mol. The lowest BCUT2D eigenvalue weighted by molar-refractivity contribution is 0.0982. The highest BCUT2D eigenvalue weighted by molar-refractivity contribution is 7.84. The van der Waals surface area contributed by atoms with Crippen molar-refractivity contribution in [3.8, 4) is 5.75 Å². The number of allylic oxidation sites excluding steroid dienone is 2. The first-order chi connectivity index (χ1) is 18.8. The van der Waals surface area contributed by atoms with E-state index >= 15 is 0 Å². The Labute approximate surface area is 239 Å². The number of benzene rings is 2. The normalized spacial score (nSPS) is 33.6. The molecule has 2 aliphatic carbocycles. The molecule has 1 N–H and O–H groups in total. The molecule has 39 heavy (non-hydrogen) atoms. The summed E-state index contributed by atoms with van der Waals surface area (Å²) in [7, 11) is -1.46. The van der Waals surface area contributed by atoms with E-state index < -0.39 is 11.0 Å². The van der Waals surface area contributed by atoms with Crippen LogP contribution in [0.15, 0.2) is 48.6 Å². The van der Waals surface area contributed by atoms with Gasteiger partial charge in [-0.2, -0.15) is 0 Å². The fraction of sp³-hybridized carbons (Fsp3) is 0.531. The van der Waals surface area contributed by atoms with Crippen molar-refractivity contribution in [3.05, 3.63) is 70.3 Å². The molecular formula is C32H39ClN2O3S. The quantitative estimate of drug-likeness (QED) is 0.365. The van der Waals surface area contributed by atoms with Gasteiger partial charge < -0.3 is 9.64 Å². The molecule has 0 saturated heterocycles. The monoisotopic (exact) mass is 566 g/mol. The van der Waals surface area contributed by atoms with Gasteiger partial charge in [0.15, 0.2) is 0 Å². The standard InChI is InChI=1S/C32H39ClN2O3S/c1-21-6-3-4-7-23-9-10-26(23)18-35-19-32(15-5-8-24-16-27(33)12-13-28(24)32)20-38-30-14-11-25(17-29(30)35)31(36)34-39(37)22(21)2/h3-4,11-14,16-17,21-23,26H,5-10,15,18-20H2,1-2H3,(H,34,36)/b4-3+/t21?,22?,23?,26?,32-,39?/m0/s1. The summed E-state index contributed by atoms with van der Waals surface area (Å²) in [6.45, 7) is 6.47. The van der Waals surface area contributed by atoms with Gasteiger partial charge in [0.2, 0.25) is 0 Å². The molecule has 6 rings (SSSR count). The number of nitrogens with zero attached hydrogens (tertiary/aromatic N) is 1. The van der Waals surface area contributed by atoms with E-state index in [1.807, 2.05) is 31.2 Å². The van der Waals surface area contributed by atoms with E-state index in [1.54, 1.807) is 0 Å². The molecule has 1 fully saturated rings. The van der Waals surface area contributed by atoms with Crippen molar-refractivity contribution in [2.24, 2.45) is 17.8 Å². The molecule has 2 aliphatic heterocycles. The molecule has 2 bridgehead atoms. The van der Waals surface area contributed by atoms with E-state index in [9.17, 15) is 9.00 Å². The second-order valence-corrected chi connectivity index (χ2v) is 14.2. The SMILES string of the molecule is CC1C/C=C/CC2CCC2CN2C[C@@]3(CCCc4cc(Cl)ccc43)COc3ccc(cc32)C(=O)NS(=O)C1C. The number of hydrogen-bond donors (Lipinski definition) is 1. The van der Waals surface area contributed by atoms with Crippen molar-refractivity contribution in [3.63, 3.8) is 0 Å². The number of hydrogen-bond acceptors (Lipinski definition) is 4. The van der Waals surface area contributed by atoms with E-state index in [2.05, 4.69) is 40.8 Å². The molecule has 2 heterocycles. The minimum atomic E-state index is -1.46. The number of rotatable bonds is 0. The Hall–Kier alpha value is -2.31. The van der Waals surface area contributed by atoms with E-state index in [0.29, 0.717) is 24.0 Å². The Kier molecular flexibility index (Phi) is 7.53. The van der Waals surface area contributed by atoms with Gasteiger partial charge in [-0.3, -0.25) is 9.52 Å². The van der Waals surface area contributed by atoms with Gasteiger partial charge in [0, 0.05) is 29.1 Å². The molecule has 4 aliphatic rings. The van der Waals surface area contributed by atoms with Crippen LogP contribution < -0.4 is 14.4 Å². The third kappa shape index (κ3) is 5.27. The van der Waals surface area contributed by atoms with Crippen LogP contribution in [0.25, 0.3) is 0 Å². The molecule has 0 radical (unpaired) electrons. The van der Waals surface area contributed by atoms with Crippen LogP contribution in [0, 0.1) is 17.8 Å². The van der Waals surface area contributed by atoms with Gasteiger partial charge >= 0.3 is 0 Å². The summed E-state index contributed by atoms with van der Waals surface area (Å²) in [4.78, 5) is 15.8. The largest absolute Gasteiger partial charge is 0.490 e. The molecule has 5 unspecified atom stereocenters. The number of fused-ring (bicyclic) bond motifs is 4. The number of aryl methyl sites for hydroxylation is 1. The maximum atomic E-state index is 13.3. The molecule has 208 valence electrons. The summed E-state index contributed by atoms with van der Waals surface area (Å²) >= 11 is 6.40. The van der Waals surface area contributed by atoms with Crippen molar-refractivity contribution >= 4 is 34.2 Å². The summed E-state index contributed by atoms with van der Waals surface area (Å²) < 4.78 is 22.4. The summed E-state index contributed by atoms with van der Waals surface area (Å²) in [6, 6.07) is 12.0. The molecule has 1 amide bonds. The molecule has 0 aromatic heterocycles. The van der Waals surface area contributed by atoms with Crippen LogP contribution in [-0.2, 0) is 22.8 Å². The number of amides is 1. The maximum absolute atomic E-state index is 13.3. The molecule has 1 saturated carbocycles. The molecule has 5 nitrogen and oxygen atoms in total. The Morgan fingerprint density at radius 1 is 1.08 bits per heavy atom. The number of nitrogens with one attached hydrogen (secondary N) is 1. The third-order valence-electron chi connectivity index (χ3n) is 9.77. The van der Waals surface area contributed by atoms with Crippen LogP contribution in [0.1, 0.15) is 73.9 Å². The van der Waals surface area contributed by atoms with E-state index in [1.165, 1.54) is 24.0 Å². The van der Waals surface area contributed by atoms with Crippen molar-refractivity contribution in [2.45, 2.75) is 69.5 Å². The lowest BCUT2D eigenvalue weighted by Crippen LogP contribution is -2.48. The fourth-order valence-electron chi connectivity index (χ4n) is 6.95. The van der Waals surface area contributed by atoms with Gasteiger partial charge in [-0.25, -0.2) is 4.21 Å². The summed E-state index contributed by atoms with van der Waals surface area (Å²) in [6.07, 6.45) is 12.2. The Bertz CT molecular complexity index is 1310. The maximum Gasteiger partial charge on any atom is 0.263 e. The van der Waals surface area contributed by atoms with Crippen LogP contribution in [0.5, 0.6) is 5.75 Å². The van der Waals surface area contributed by atoms with E-state index in [-0.39, 0.29) is 22.5 Å². The summed E-state index contributed by atoms with van der Waals surface area (Å²) in [5, 5.41) is 0.652. The first-order valence-electron chi connectivity index (χ1n) is 14.5. The van der Waals surface area contributed by atoms with Gasteiger partial charge in [0.1, 0.15) is 16.7 Å². The lowest BCUT2D eigenvalue weighted by Gasteiger charge is -2.44. The first kappa shape index (κ1) is 26.9. The van der Waals surface area contributed by atoms with Crippen LogP contribution in [0.3, 0.4) is 0 Å². The minimum absolute atomic E-state index is 0.132. The number of anilines is 1. The van der Waals surface area contributed by atoms with Crippen LogP contribution in [-0.4, -0.2) is 35.1 Å². The first-order valence-corrected chi connectivity index (χ1v) is 16.1. The van der Waals surface area contributed by atoms with Gasteiger partial charge in [-0.1, -0.05) is 36.7 Å². The van der Waals surface area contributed by atoms with E-state index in [0.717, 1.165) is 61.7 Å². The number of halogens is 1. The highest BCUT2D eigenvalue weighted by atomic mass is 35.5. The van der Waals surface area contributed by atoms with Crippen LogP contribution >= 0.6 is 11.6 Å². The van der Waals surface area contributed by atoms with Gasteiger partial charge in [-0.15, -0.1) is 0 Å². The zero-order chi connectivity index (χ0) is 27.1. The fourth-order valence-corrected chi connectivity index (χ4v) is 8.17.